The highest BCUT2D eigenvalue weighted by Crippen LogP contribution is 2.18. The first-order valence-corrected chi connectivity index (χ1v) is 6.69. The van der Waals surface area contributed by atoms with Gasteiger partial charge in [0.1, 0.15) is 0 Å². The standard InChI is InChI=1S/C16H15N3O2/c20-14(12-7-3-1-4-8-12)11-17-16-18-15(19-21-16)13-9-5-2-6-10-13/h1-10,14,20H,11H2,(H,17,18,19). The van der Waals surface area contributed by atoms with Gasteiger partial charge in [-0.1, -0.05) is 65.8 Å². The quantitative estimate of drug-likeness (QED) is 0.752. The van der Waals surface area contributed by atoms with Crippen molar-refractivity contribution in [1.82, 2.24) is 10.1 Å². The predicted octanol–water partition coefficient (Wildman–Crippen LogP) is 2.88. The molecule has 0 fully saturated rings. The topological polar surface area (TPSA) is 71.2 Å². The Kier molecular flexibility index (Phi) is 3.93. The summed E-state index contributed by atoms with van der Waals surface area (Å²) in [6.07, 6.45) is -0.627. The van der Waals surface area contributed by atoms with Gasteiger partial charge in [-0.15, -0.1) is 0 Å². The molecule has 5 nitrogen and oxygen atoms in total. The van der Waals surface area contributed by atoms with Crippen LogP contribution in [0, 0.1) is 0 Å². The first kappa shape index (κ1) is 13.3. The summed E-state index contributed by atoms with van der Waals surface area (Å²) in [7, 11) is 0. The number of hydrogen-bond acceptors (Lipinski definition) is 5. The SMILES string of the molecule is OC(CNc1nc(-c2ccccc2)no1)c1ccccc1. The second-order valence-electron chi connectivity index (χ2n) is 4.60. The van der Waals surface area contributed by atoms with Crippen molar-refractivity contribution in [2.24, 2.45) is 0 Å². The van der Waals surface area contributed by atoms with Crippen molar-refractivity contribution in [3.8, 4) is 11.4 Å². The fraction of sp³-hybridized carbons (Fsp3) is 0.125. The molecule has 1 atom stereocenters. The molecule has 0 aliphatic rings. The number of rotatable bonds is 5. The van der Waals surface area contributed by atoms with E-state index in [1.165, 1.54) is 0 Å². The van der Waals surface area contributed by atoms with Crippen LogP contribution in [0.2, 0.25) is 0 Å². The lowest BCUT2D eigenvalue weighted by Crippen LogP contribution is -2.12. The Hall–Kier alpha value is -2.66. The van der Waals surface area contributed by atoms with Gasteiger partial charge >= 0.3 is 6.01 Å². The number of nitrogens with zero attached hydrogens (tertiary/aromatic N) is 2. The van der Waals surface area contributed by atoms with Crippen LogP contribution in [0.5, 0.6) is 0 Å². The Morgan fingerprint density at radius 2 is 1.67 bits per heavy atom. The van der Waals surface area contributed by atoms with Crippen LogP contribution in [0.4, 0.5) is 6.01 Å². The average Bonchev–Trinajstić information content (AvgIpc) is 3.03. The molecule has 3 aromatic rings. The fourth-order valence-corrected chi connectivity index (χ4v) is 1.98. The van der Waals surface area contributed by atoms with Crippen LogP contribution in [0.3, 0.4) is 0 Å². The van der Waals surface area contributed by atoms with Crippen LogP contribution in [-0.2, 0) is 0 Å². The Labute approximate surface area is 122 Å². The van der Waals surface area contributed by atoms with Crippen molar-refractivity contribution in [3.63, 3.8) is 0 Å². The Morgan fingerprint density at radius 1 is 1.00 bits per heavy atom. The predicted molar refractivity (Wildman–Crippen MR) is 79.6 cm³/mol. The first-order valence-electron chi connectivity index (χ1n) is 6.69. The lowest BCUT2D eigenvalue weighted by Gasteiger charge is -2.10. The van der Waals surface area contributed by atoms with E-state index in [1.807, 2.05) is 60.7 Å². The van der Waals surface area contributed by atoms with E-state index in [0.29, 0.717) is 18.4 Å². The monoisotopic (exact) mass is 281 g/mol. The summed E-state index contributed by atoms with van der Waals surface area (Å²) >= 11 is 0. The van der Waals surface area contributed by atoms with Crippen LogP contribution < -0.4 is 5.32 Å². The zero-order chi connectivity index (χ0) is 14.5. The zero-order valence-electron chi connectivity index (χ0n) is 11.3. The van der Waals surface area contributed by atoms with Crippen LogP contribution in [0.15, 0.2) is 65.2 Å². The highest BCUT2D eigenvalue weighted by Gasteiger charge is 2.11. The van der Waals surface area contributed by atoms with E-state index in [9.17, 15) is 5.11 Å². The molecule has 1 unspecified atom stereocenters. The number of benzene rings is 2. The lowest BCUT2D eigenvalue weighted by atomic mass is 10.1. The Balaban J connectivity index is 1.63. The minimum Gasteiger partial charge on any atom is -0.387 e. The molecule has 2 N–H and O–H groups in total. The summed E-state index contributed by atoms with van der Waals surface area (Å²) in [4.78, 5) is 4.25. The minimum atomic E-state index is -0.627. The van der Waals surface area contributed by atoms with E-state index in [4.69, 9.17) is 4.52 Å². The van der Waals surface area contributed by atoms with Crippen molar-refractivity contribution in [2.45, 2.75) is 6.10 Å². The number of hydrogen-bond donors (Lipinski definition) is 2. The summed E-state index contributed by atoms with van der Waals surface area (Å²) in [5, 5.41) is 16.9. The third kappa shape index (κ3) is 3.27. The highest BCUT2D eigenvalue weighted by molar-refractivity contribution is 5.54. The lowest BCUT2D eigenvalue weighted by molar-refractivity contribution is 0.190. The molecule has 21 heavy (non-hydrogen) atoms. The molecule has 0 saturated carbocycles. The van der Waals surface area contributed by atoms with Crippen LogP contribution >= 0.6 is 0 Å². The first-order chi connectivity index (χ1) is 10.3. The van der Waals surface area contributed by atoms with Gasteiger partial charge in [-0.05, 0) is 5.56 Å². The number of aliphatic hydroxyl groups excluding tert-OH is 1. The molecule has 1 heterocycles. The Morgan fingerprint density at radius 3 is 2.38 bits per heavy atom. The molecular weight excluding hydrogens is 266 g/mol. The largest absolute Gasteiger partial charge is 0.387 e. The molecule has 0 aliphatic heterocycles. The van der Waals surface area contributed by atoms with Crippen LogP contribution in [-0.4, -0.2) is 21.8 Å². The molecule has 2 aromatic carbocycles. The van der Waals surface area contributed by atoms with Gasteiger partial charge in [-0.25, -0.2) is 0 Å². The molecular formula is C16H15N3O2. The van der Waals surface area contributed by atoms with Gasteiger partial charge in [0.25, 0.3) is 0 Å². The minimum absolute atomic E-state index is 0.295. The van der Waals surface area contributed by atoms with Crippen molar-refractivity contribution in [2.75, 3.05) is 11.9 Å². The van der Waals surface area contributed by atoms with E-state index in [2.05, 4.69) is 15.5 Å². The summed E-state index contributed by atoms with van der Waals surface area (Å²) in [6.45, 7) is 0.306. The van der Waals surface area contributed by atoms with Gasteiger partial charge in [-0.2, -0.15) is 4.98 Å². The highest BCUT2D eigenvalue weighted by atomic mass is 16.5. The third-order valence-electron chi connectivity index (χ3n) is 3.09. The molecule has 0 saturated heterocycles. The van der Waals surface area contributed by atoms with Crippen molar-refractivity contribution >= 4 is 6.01 Å². The van der Waals surface area contributed by atoms with E-state index >= 15 is 0 Å². The van der Waals surface area contributed by atoms with Gasteiger partial charge in [0, 0.05) is 12.1 Å². The summed E-state index contributed by atoms with van der Waals surface area (Å²) in [5.74, 6) is 0.521. The molecule has 3 rings (SSSR count). The molecule has 106 valence electrons. The molecule has 5 heteroatoms. The van der Waals surface area contributed by atoms with Gasteiger partial charge in [0.2, 0.25) is 5.82 Å². The second-order valence-corrected chi connectivity index (χ2v) is 4.60. The molecule has 0 bridgehead atoms. The van der Waals surface area contributed by atoms with E-state index in [0.717, 1.165) is 11.1 Å². The number of anilines is 1. The maximum atomic E-state index is 10.1. The third-order valence-corrected chi connectivity index (χ3v) is 3.09. The maximum absolute atomic E-state index is 10.1. The molecule has 0 spiro atoms. The summed E-state index contributed by atoms with van der Waals surface area (Å²) in [5.41, 5.74) is 1.73. The fourth-order valence-electron chi connectivity index (χ4n) is 1.98. The molecule has 0 aliphatic carbocycles. The van der Waals surface area contributed by atoms with Crippen LogP contribution in [0.25, 0.3) is 11.4 Å². The number of aliphatic hydroxyl groups is 1. The normalized spacial score (nSPS) is 12.0. The average molecular weight is 281 g/mol. The van der Waals surface area contributed by atoms with Crippen molar-refractivity contribution in [1.29, 1.82) is 0 Å². The molecule has 0 amide bonds. The molecule has 0 radical (unpaired) electrons. The summed E-state index contributed by atoms with van der Waals surface area (Å²) < 4.78 is 5.12. The molecule has 1 aromatic heterocycles. The van der Waals surface area contributed by atoms with Gasteiger partial charge in [0.15, 0.2) is 0 Å². The van der Waals surface area contributed by atoms with E-state index in [1.54, 1.807) is 0 Å². The van der Waals surface area contributed by atoms with Gasteiger partial charge in [-0.3, -0.25) is 0 Å². The maximum Gasteiger partial charge on any atom is 0.321 e. The number of aromatic nitrogens is 2. The van der Waals surface area contributed by atoms with Crippen LogP contribution in [0.1, 0.15) is 11.7 Å². The van der Waals surface area contributed by atoms with Crippen molar-refractivity contribution < 1.29 is 9.63 Å². The smallest absolute Gasteiger partial charge is 0.321 e. The van der Waals surface area contributed by atoms with E-state index in [-0.39, 0.29) is 0 Å². The van der Waals surface area contributed by atoms with Gasteiger partial charge < -0.3 is 14.9 Å². The van der Waals surface area contributed by atoms with Gasteiger partial charge in [0.05, 0.1) is 6.10 Å². The van der Waals surface area contributed by atoms with E-state index < -0.39 is 6.10 Å². The Bertz CT molecular complexity index is 683. The second kappa shape index (κ2) is 6.19. The zero-order valence-corrected chi connectivity index (χ0v) is 11.3. The number of nitrogens with one attached hydrogen (secondary N) is 1. The van der Waals surface area contributed by atoms with Crippen molar-refractivity contribution in [3.05, 3.63) is 66.2 Å². The summed E-state index contributed by atoms with van der Waals surface area (Å²) in [6, 6.07) is 19.3.